The van der Waals surface area contributed by atoms with Crippen LogP contribution in [0.15, 0.2) is 23.8 Å². The quantitative estimate of drug-likeness (QED) is 0.722. The minimum Gasteiger partial charge on any atom is -0.393 e. The summed E-state index contributed by atoms with van der Waals surface area (Å²) < 4.78 is 5.90. The zero-order chi connectivity index (χ0) is 13.1. The van der Waals surface area contributed by atoms with Gasteiger partial charge in [0.2, 0.25) is 0 Å². The van der Waals surface area contributed by atoms with Crippen molar-refractivity contribution in [2.45, 2.75) is 44.8 Å². The lowest BCUT2D eigenvalue weighted by Crippen LogP contribution is -2.48. The smallest absolute Gasteiger partial charge is 0.191 e. The molecule has 1 aliphatic heterocycles. The molecule has 4 atom stereocenters. The molecule has 3 heteroatoms. The fourth-order valence-electron chi connectivity index (χ4n) is 3.89. The molecule has 2 fully saturated rings. The molecule has 4 unspecified atom stereocenters. The summed E-state index contributed by atoms with van der Waals surface area (Å²) in [6, 6.07) is 0. The molecule has 0 aromatic carbocycles. The first-order valence-electron chi connectivity index (χ1n) is 6.66. The molecule has 3 nitrogen and oxygen atoms in total. The summed E-state index contributed by atoms with van der Waals surface area (Å²) in [4.78, 5) is 12.3. The van der Waals surface area contributed by atoms with Gasteiger partial charge in [-0.3, -0.25) is 4.79 Å². The molecular weight excluding hydrogens is 228 g/mol. The van der Waals surface area contributed by atoms with Gasteiger partial charge in [0.1, 0.15) is 0 Å². The van der Waals surface area contributed by atoms with Gasteiger partial charge in [0.25, 0.3) is 0 Å². The van der Waals surface area contributed by atoms with Gasteiger partial charge in [-0.1, -0.05) is 19.1 Å². The van der Waals surface area contributed by atoms with E-state index in [-0.39, 0.29) is 23.2 Å². The Labute approximate surface area is 108 Å². The van der Waals surface area contributed by atoms with E-state index < -0.39 is 5.60 Å². The Morgan fingerprint density at radius 2 is 2.33 bits per heavy atom. The van der Waals surface area contributed by atoms with Crippen molar-refractivity contribution >= 4 is 5.78 Å². The summed E-state index contributed by atoms with van der Waals surface area (Å²) in [7, 11) is 0. The summed E-state index contributed by atoms with van der Waals surface area (Å²) in [5.41, 5.74) is 0.992. The van der Waals surface area contributed by atoms with Gasteiger partial charge in [0, 0.05) is 5.41 Å². The van der Waals surface area contributed by atoms with Crippen LogP contribution in [0.1, 0.15) is 33.1 Å². The first-order valence-corrected chi connectivity index (χ1v) is 6.66. The number of rotatable bonds is 1. The predicted molar refractivity (Wildman–Crippen MR) is 68.0 cm³/mol. The molecule has 3 aliphatic rings. The van der Waals surface area contributed by atoms with Gasteiger partial charge < -0.3 is 9.84 Å². The van der Waals surface area contributed by atoms with Crippen molar-refractivity contribution in [1.82, 2.24) is 0 Å². The van der Waals surface area contributed by atoms with Crippen LogP contribution >= 0.6 is 0 Å². The van der Waals surface area contributed by atoms with E-state index in [0.717, 1.165) is 18.4 Å². The van der Waals surface area contributed by atoms with Crippen molar-refractivity contribution in [3.63, 3.8) is 0 Å². The van der Waals surface area contributed by atoms with Crippen molar-refractivity contribution < 1.29 is 14.6 Å². The Morgan fingerprint density at radius 1 is 1.61 bits per heavy atom. The van der Waals surface area contributed by atoms with Gasteiger partial charge in [0.05, 0.1) is 12.7 Å². The predicted octanol–water partition coefficient (Wildman–Crippen LogP) is 2.01. The number of hydrogen-bond donors (Lipinski definition) is 1. The van der Waals surface area contributed by atoms with E-state index in [2.05, 4.69) is 13.5 Å². The van der Waals surface area contributed by atoms with Crippen LogP contribution in [0.5, 0.6) is 0 Å². The second kappa shape index (κ2) is 3.55. The molecule has 3 rings (SSSR count). The lowest BCUT2D eigenvalue weighted by atomic mass is 9.57. The highest BCUT2D eigenvalue weighted by Gasteiger charge is 2.62. The van der Waals surface area contributed by atoms with E-state index in [1.807, 2.05) is 6.92 Å². The second-order valence-electron chi connectivity index (χ2n) is 6.16. The highest BCUT2D eigenvalue weighted by atomic mass is 16.5. The molecule has 1 saturated carbocycles. The van der Waals surface area contributed by atoms with Gasteiger partial charge in [-0.05, 0) is 43.8 Å². The van der Waals surface area contributed by atoms with Crippen molar-refractivity contribution in [2.24, 2.45) is 11.3 Å². The number of ether oxygens (including phenoxy) is 1. The lowest BCUT2D eigenvalue weighted by molar-refractivity contribution is -0.130. The molecule has 0 amide bonds. The van der Waals surface area contributed by atoms with Crippen LogP contribution in [0.4, 0.5) is 0 Å². The van der Waals surface area contributed by atoms with Crippen LogP contribution in [0.3, 0.4) is 0 Å². The largest absolute Gasteiger partial charge is 0.393 e. The normalized spacial score (nSPS) is 46.6. The molecule has 0 aromatic heterocycles. The SMILES string of the molecule is C=C(C)C12CC3(CO1)C(=CC2=O)CCC(O)C3C. The summed E-state index contributed by atoms with van der Waals surface area (Å²) in [6.45, 7) is 8.41. The molecule has 2 bridgehead atoms. The van der Waals surface area contributed by atoms with Crippen molar-refractivity contribution in [1.29, 1.82) is 0 Å². The Morgan fingerprint density at radius 3 is 3.00 bits per heavy atom. The van der Waals surface area contributed by atoms with E-state index in [1.165, 1.54) is 5.57 Å². The minimum absolute atomic E-state index is 0.0433. The van der Waals surface area contributed by atoms with Gasteiger partial charge in [-0.15, -0.1) is 0 Å². The molecule has 1 heterocycles. The number of aliphatic hydroxyl groups is 1. The van der Waals surface area contributed by atoms with Crippen LogP contribution in [0.25, 0.3) is 0 Å². The van der Waals surface area contributed by atoms with E-state index in [1.54, 1.807) is 6.08 Å². The highest BCUT2D eigenvalue weighted by molar-refractivity contribution is 6.02. The van der Waals surface area contributed by atoms with Gasteiger partial charge >= 0.3 is 0 Å². The third-order valence-electron chi connectivity index (χ3n) is 5.33. The summed E-state index contributed by atoms with van der Waals surface area (Å²) >= 11 is 0. The molecular formula is C15H20O3. The second-order valence-corrected chi connectivity index (χ2v) is 6.16. The van der Waals surface area contributed by atoms with Crippen LogP contribution in [0, 0.1) is 11.3 Å². The van der Waals surface area contributed by atoms with E-state index in [0.29, 0.717) is 13.0 Å². The summed E-state index contributed by atoms with van der Waals surface area (Å²) in [5.74, 6) is 0.188. The van der Waals surface area contributed by atoms with Crippen molar-refractivity contribution in [3.8, 4) is 0 Å². The van der Waals surface area contributed by atoms with Gasteiger partial charge in [0.15, 0.2) is 11.4 Å². The summed E-state index contributed by atoms with van der Waals surface area (Å²) in [5, 5.41) is 10.1. The zero-order valence-electron chi connectivity index (χ0n) is 11.0. The molecule has 1 spiro atoms. The number of aliphatic hydroxyl groups excluding tert-OH is 1. The third-order valence-corrected chi connectivity index (χ3v) is 5.33. The number of hydrogen-bond acceptors (Lipinski definition) is 3. The molecule has 18 heavy (non-hydrogen) atoms. The molecule has 1 N–H and O–H groups in total. The molecule has 0 aromatic rings. The standard InChI is InChI=1S/C15H20O3/c1-9(2)15-7-14(8-18-15)10(3)12(16)5-4-11(14)6-13(15)17/h6,10,12,16H,1,4-5,7-8H2,2-3H3. The Hall–Kier alpha value is -0.930. The fraction of sp³-hybridized carbons (Fsp3) is 0.667. The average molecular weight is 248 g/mol. The molecule has 1 saturated heterocycles. The maximum Gasteiger partial charge on any atom is 0.191 e. The fourth-order valence-corrected chi connectivity index (χ4v) is 3.89. The average Bonchev–Trinajstić information content (AvgIpc) is 2.69. The lowest BCUT2D eigenvalue weighted by Gasteiger charge is -2.46. The number of carbonyl (C=O) groups is 1. The maximum absolute atomic E-state index is 12.3. The van der Waals surface area contributed by atoms with Crippen LogP contribution in [0.2, 0.25) is 0 Å². The minimum atomic E-state index is -0.825. The highest BCUT2D eigenvalue weighted by Crippen LogP contribution is 2.59. The Kier molecular flexibility index (Phi) is 2.39. The molecule has 2 aliphatic carbocycles. The number of fused-ring (bicyclic) bond motifs is 1. The van der Waals surface area contributed by atoms with Crippen LogP contribution in [-0.2, 0) is 9.53 Å². The van der Waals surface area contributed by atoms with Gasteiger partial charge in [-0.25, -0.2) is 0 Å². The van der Waals surface area contributed by atoms with Crippen LogP contribution in [-0.4, -0.2) is 29.2 Å². The Balaban J connectivity index is 2.11. The van der Waals surface area contributed by atoms with Gasteiger partial charge in [-0.2, -0.15) is 0 Å². The van der Waals surface area contributed by atoms with E-state index in [9.17, 15) is 9.90 Å². The van der Waals surface area contributed by atoms with Crippen LogP contribution < -0.4 is 0 Å². The molecule has 0 radical (unpaired) electrons. The van der Waals surface area contributed by atoms with Crippen molar-refractivity contribution in [2.75, 3.05) is 6.61 Å². The first-order chi connectivity index (χ1) is 8.42. The topological polar surface area (TPSA) is 46.5 Å². The van der Waals surface area contributed by atoms with Crippen molar-refractivity contribution in [3.05, 3.63) is 23.8 Å². The maximum atomic E-state index is 12.3. The number of carbonyl (C=O) groups excluding carboxylic acids is 1. The van der Waals surface area contributed by atoms with E-state index >= 15 is 0 Å². The number of ketones is 1. The third kappa shape index (κ3) is 1.24. The van der Waals surface area contributed by atoms with E-state index in [4.69, 9.17) is 4.74 Å². The Bertz CT molecular complexity index is 464. The summed E-state index contributed by atoms with van der Waals surface area (Å²) in [6.07, 6.45) is 3.71. The monoisotopic (exact) mass is 248 g/mol. The first kappa shape index (κ1) is 12.1. The molecule has 98 valence electrons. The zero-order valence-corrected chi connectivity index (χ0v) is 11.0.